The molecule has 0 bridgehead atoms. The molecule has 1 amide bonds. The fraction of sp³-hybridized carbons (Fsp3) is 0.353. The number of hydrogen-bond donors (Lipinski definition) is 2. The highest BCUT2D eigenvalue weighted by molar-refractivity contribution is 6.29. The number of nitrogens with two attached hydrogens (primary N) is 1. The van der Waals surface area contributed by atoms with Gasteiger partial charge in [0.2, 0.25) is 5.91 Å². The van der Waals surface area contributed by atoms with Crippen LogP contribution in [0.3, 0.4) is 0 Å². The fourth-order valence-electron chi connectivity index (χ4n) is 2.51. The van der Waals surface area contributed by atoms with Gasteiger partial charge in [0.1, 0.15) is 11.7 Å². The largest absolute Gasteiger partial charge is 0.383 e. The third-order valence-corrected chi connectivity index (χ3v) is 4.05. The van der Waals surface area contributed by atoms with E-state index in [1.54, 1.807) is 0 Å². The Morgan fingerprint density at radius 1 is 1.28 bits per heavy atom. The summed E-state index contributed by atoms with van der Waals surface area (Å²) in [5.74, 6) is -0.759. The van der Waals surface area contributed by atoms with Crippen molar-refractivity contribution in [2.45, 2.75) is 26.3 Å². The first-order valence-corrected chi connectivity index (χ1v) is 8.55. The zero-order valence-corrected chi connectivity index (χ0v) is 14.8. The number of carbonyl (C=O) groups excluding carboxylic acids is 1. The number of amides is 1. The molecule has 0 saturated heterocycles. The molecule has 0 aliphatic carbocycles. The van der Waals surface area contributed by atoms with E-state index in [-0.39, 0.29) is 23.9 Å². The Balaban J connectivity index is 2.54. The Morgan fingerprint density at radius 3 is 2.56 bits per heavy atom. The Bertz CT molecular complexity index is 845. The Hall–Kier alpha value is -2.54. The molecule has 0 aliphatic heterocycles. The van der Waals surface area contributed by atoms with Gasteiger partial charge in [-0.15, -0.1) is 11.6 Å². The maximum atomic E-state index is 12.3. The molecule has 2 rings (SSSR count). The van der Waals surface area contributed by atoms with Crippen molar-refractivity contribution in [3.8, 4) is 0 Å². The molecule has 3 N–H and O–H groups in total. The van der Waals surface area contributed by atoms with Crippen LogP contribution in [0.5, 0.6) is 0 Å². The maximum Gasteiger partial charge on any atom is 0.330 e. The normalized spacial score (nSPS) is 10.6. The fourth-order valence-corrected chi connectivity index (χ4v) is 2.66. The highest BCUT2D eigenvalue weighted by Gasteiger charge is 2.23. The second kappa shape index (κ2) is 8.53. The topological polar surface area (TPSA) is 101 Å². The van der Waals surface area contributed by atoms with Gasteiger partial charge in [-0.25, -0.2) is 4.79 Å². The van der Waals surface area contributed by atoms with Crippen molar-refractivity contribution in [1.29, 1.82) is 0 Å². The number of aromatic amines is 1. The number of aromatic nitrogens is 2. The lowest BCUT2D eigenvalue weighted by Gasteiger charge is -2.23. The molecule has 0 spiro atoms. The second-order valence-electron chi connectivity index (χ2n) is 5.60. The number of unbranched alkanes of at least 4 members (excludes halogenated alkanes) is 1. The number of benzene rings is 1. The molecule has 0 aliphatic rings. The molecule has 0 fully saturated rings. The number of carbonyl (C=O) groups is 1. The number of rotatable bonds is 7. The third kappa shape index (κ3) is 4.30. The quantitative estimate of drug-likeness (QED) is 0.727. The third-order valence-electron chi connectivity index (χ3n) is 3.82. The summed E-state index contributed by atoms with van der Waals surface area (Å²) >= 11 is 5.67. The predicted molar refractivity (Wildman–Crippen MR) is 99.3 cm³/mol. The lowest BCUT2D eigenvalue weighted by atomic mass is 10.2. The second-order valence-corrected chi connectivity index (χ2v) is 5.86. The Morgan fingerprint density at radius 2 is 1.96 bits per heavy atom. The van der Waals surface area contributed by atoms with Gasteiger partial charge >= 0.3 is 5.69 Å². The van der Waals surface area contributed by atoms with Gasteiger partial charge in [0, 0.05) is 6.54 Å². The molecule has 2 aromatic rings. The first-order chi connectivity index (χ1) is 12.0. The van der Waals surface area contributed by atoms with Crippen LogP contribution in [0.1, 0.15) is 25.3 Å². The molecule has 1 heterocycles. The van der Waals surface area contributed by atoms with E-state index in [9.17, 15) is 14.4 Å². The number of H-pyrrole nitrogens is 1. The van der Waals surface area contributed by atoms with Gasteiger partial charge in [0.05, 0.1) is 6.54 Å². The highest BCUT2D eigenvalue weighted by Crippen LogP contribution is 2.19. The lowest BCUT2D eigenvalue weighted by molar-refractivity contribution is -0.116. The van der Waals surface area contributed by atoms with E-state index in [0.717, 1.165) is 12.0 Å². The van der Waals surface area contributed by atoms with Crippen molar-refractivity contribution in [2.24, 2.45) is 0 Å². The molecule has 0 saturated carbocycles. The minimum absolute atomic E-state index is 0.0327. The maximum absolute atomic E-state index is 12.3. The molecular weight excluding hydrogens is 344 g/mol. The zero-order valence-electron chi connectivity index (χ0n) is 14.0. The zero-order chi connectivity index (χ0) is 18.4. The molecule has 0 atom stereocenters. The lowest BCUT2D eigenvalue weighted by Crippen LogP contribution is -2.42. The number of anilines is 2. The first-order valence-electron chi connectivity index (χ1n) is 8.02. The van der Waals surface area contributed by atoms with E-state index in [0.29, 0.717) is 13.0 Å². The Labute approximate surface area is 150 Å². The van der Waals surface area contributed by atoms with Crippen LogP contribution in [0.2, 0.25) is 0 Å². The number of nitrogens with one attached hydrogen (secondary N) is 1. The molecule has 25 heavy (non-hydrogen) atoms. The molecule has 0 unspecified atom stereocenters. The summed E-state index contributed by atoms with van der Waals surface area (Å²) in [5.41, 5.74) is 5.60. The van der Waals surface area contributed by atoms with Gasteiger partial charge in [-0.05, 0) is 12.0 Å². The van der Waals surface area contributed by atoms with E-state index < -0.39 is 17.2 Å². The van der Waals surface area contributed by atoms with Crippen molar-refractivity contribution >= 4 is 29.0 Å². The summed E-state index contributed by atoms with van der Waals surface area (Å²) in [6.07, 6.45) is 1.51. The summed E-state index contributed by atoms with van der Waals surface area (Å²) in [4.78, 5) is 40.2. The van der Waals surface area contributed by atoms with Gasteiger partial charge in [0.15, 0.2) is 5.69 Å². The molecular formula is C17H21ClN4O3. The van der Waals surface area contributed by atoms with E-state index in [1.165, 1.54) is 9.47 Å². The van der Waals surface area contributed by atoms with Gasteiger partial charge < -0.3 is 10.6 Å². The van der Waals surface area contributed by atoms with E-state index in [4.69, 9.17) is 17.3 Å². The average molecular weight is 365 g/mol. The summed E-state index contributed by atoms with van der Waals surface area (Å²) < 4.78 is 1.24. The number of halogens is 1. The van der Waals surface area contributed by atoms with Gasteiger partial charge in [-0.1, -0.05) is 43.7 Å². The smallest absolute Gasteiger partial charge is 0.330 e. The number of alkyl halides is 1. The first kappa shape index (κ1) is 18.8. The molecule has 134 valence electrons. The van der Waals surface area contributed by atoms with Gasteiger partial charge in [-0.2, -0.15) is 0 Å². The standard InChI is InChI=1S/C17H21ClN4O3/c1-2-3-9-21(13(23)10-18)14-15(19)22(17(25)20-16(14)24)11-12-7-5-4-6-8-12/h4-8H,2-3,9-11,19H2,1H3,(H,20,24,25). The minimum atomic E-state index is -0.693. The molecule has 1 aromatic heterocycles. The number of hydrogen-bond acceptors (Lipinski definition) is 4. The molecule has 8 heteroatoms. The van der Waals surface area contributed by atoms with Crippen molar-refractivity contribution in [2.75, 3.05) is 23.1 Å². The Kier molecular flexibility index (Phi) is 6.41. The van der Waals surface area contributed by atoms with Crippen LogP contribution >= 0.6 is 11.6 Å². The number of nitrogens with zero attached hydrogens (tertiary/aromatic N) is 2. The summed E-state index contributed by atoms with van der Waals surface area (Å²) in [5, 5.41) is 0. The van der Waals surface area contributed by atoms with E-state index in [2.05, 4.69) is 4.98 Å². The van der Waals surface area contributed by atoms with Crippen LogP contribution in [0.4, 0.5) is 11.5 Å². The van der Waals surface area contributed by atoms with Gasteiger partial charge in [0.25, 0.3) is 5.56 Å². The van der Waals surface area contributed by atoms with Crippen molar-refractivity contribution < 1.29 is 4.79 Å². The molecule has 1 aromatic carbocycles. The molecule has 7 nitrogen and oxygen atoms in total. The number of nitrogen functional groups attached to an aromatic ring is 1. The van der Waals surface area contributed by atoms with Crippen LogP contribution < -0.4 is 21.9 Å². The summed E-state index contributed by atoms with van der Waals surface area (Å²) in [6.45, 7) is 2.46. The molecule has 0 radical (unpaired) electrons. The minimum Gasteiger partial charge on any atom is -0.383 e. The van der Waals surface area contributed by atoms with Crippen LogP contribution in [0, 0.1) is 0 Å². The average Bonchev–Trinajstić information content (AvgIpc) is 2.61. The van der Waals surface area contributed by atoms with Crippen LogP contribution in [-0.2, 0) is 11.3 Å². The van der Waals surface area contributed by atoms with Crippen molar-refractivity contribution in [3.63, 3.8) is 0 Å². The highest BCUT2D eigenvalue weighted by atomic mass is 35.5. The monoisotopic (exact) mass is 364 g/mol. The van der Waals surface area contributed by atoms with Crippen molar-refractivity contribution in [3.05, 3.63) is 56.7 Å². The predicted octanol–water partition coefficient (Wildman–Crippen LogP) is 1.54. The SMILES string of the molecule is CCCCN(C(=O)CCl)c1c(N)n(Cc2ccccc2)c(=O)[nH]c1=O. The van der Waals surface area contributed by atoms with Crippen molar-refractivity contribution in [1.82, 2.24) is 9.55 Å². The van der Waals surface area contributed by atoms with E-state index in [1.807, 2.05) is 37.3 Å². The van der Waals surface area contributed by atoms with E-state index >= 15 is 0 Å². The summed E-state index contributed by atoms with van der Waals surface area (Å²) in [7, 11) is 0. The summed E-state index contributed by atoms with van der Waals surface area (Å²) in [6, 6.07) is 9.23. The van der Waals surface area contributed by atoms with Crippen LogP contribution in [0.25, 0.3) is 0 Å². The van der Waals surface area contributed by atoms with Gasteiger partial charge in [-0.3, -0.25) is 19.1 Å². The van der Waals surface area contributed by atoms with Crippen LogP contribution in [-0.4, -0.2) is 27.9 Å². The van der Waals surface area contributed by atoms with Crippen LogP contribution in [0.15, 0.2) is 39.9 Å².